The molecule has 0 saturated carbocycles. The first-order chi connectivity index (χ1) is 8.70. The minimum atomic E-state index is -3.72. The van der Waals surface area contributed by atoms with Crippen molar-refractivity contribution in [1.82, 2.24) is 0 Å². The van der Waals surface area contributed by atoms with Gasteiger partial charge in [-0.3, -0.25) is 8.37 Å². The van der Waals surface area contributed by atoms with Gasteiger partial charge in [-0.15, -0.1) is 0 Å². The predicted molar refractivity (Wildman–Crippen MR) is 57.4 cm³/mol. The molecule has 12 heteroatoms. The maximum Gasteiger partial charge on any atom is 0.264 e. The molecule has 0 bridgehead atoms. The standard InChI is InChI=1S/C7H14O10S2/c1-19(12,13)16-2-4-5(8)6(9)7(17-4)14-3-15-18(10)11/h4-9H,2-3H2,1H3,(H,10,11)/p-1/t4-,5-,6-,7?/m1/s1. The van der Waals surface area contributed by atoms with Crippen LogP contribution in [0.1, 0.15) is 0 Å². The summed E-state index contributed by atoms with van der Waals surface area (Å²) in [5.41, 5.74) is 0. The molecule has 0 radical (unpaired) electrons. The van der Waals surface area contributed by atoms with E-state index in [4.69, 9.17) is 9.47 Å². The molecule has 1 fully saturated rings. The summed E-state index contributed by atoms with van der Waals surface area (Å²) < 4.78 is 59.8. The Morgan fingerprint density at radius 3 is 2.53 bits per heavy atom. The predicted octanol–water partition coefficient (Wildman–Crippen LogP) is -2.81. The monoisotopic (exact) mass is 321 g/mol. The highest BCUT2D eigenvalue weighted by atomic mass is 32.2. The summed E-state index contributed by atoms with van der Waals surface area (Å²) in [7, 11) is -3.72. The van der Waals surface area contributed by atoms with Gasteiger partial charge in [0.25, 0.3) is 10.1 Å². The molecule has 0 spiro atoms. The molecule has 2 N–H and O–H groups in total. The largest absolute Gasteiger partial charge is 0.750 e. The molecule has 0 aromatic carbocycles. The van der Waals surface area contributed by atoms with E-state index >= 15 is 0 Å². The molecular weight excluding hydrogens is 308 g/mol. The summed E-state index contributed by atoms with van der Waals surface area (Å²) in [6.07, 6.45) is -4.60. The third kappa shape index (κ3) is 5.76. The van der Waals surface area contributed by atoms with Crippen LogP contribution in [0.4, 0.5) is 0 Å². The van der Waals surface area contributed by atoms with Gasteiger partial charge in [0.1, 0.15) is 18.3 Å². The first-order valence-electron chi connectivity index (χ1n) is 4.91. The van der Waals surface area contributed by atoms with Gasteiger partial charge in [0.2, 0.25) is 0 Å². The molecule has 1 heterocycles. The first-order valence-corrected chi connectivity index (χ1v) is 7.72. The molecule has 2 unspecified atom stereocenters. The van der Waals surface area contributed by atoms with Crippen LogP contribution in [0, 0.1) is 0 Å². The molecule has 0 aliphatic carbocycles. The first kappa shape index (κ1) is 16.9. The molecule has 10 nitrogen and oxygen atoms in total. The maximum atomic E-state index is 10.8. The lowest BCUT2D eigenvalue weighted by Crippen LogP contribution is -2.35. The van der Waals surface area contributed by atoms with Crippen molar-refractivity contribution in [2.24, 2.45) is 0 Å². The number of hydrogen-bond donors (Lipinski definition) is 2. The summed E-state index contributed by atoms with van der Waals surface area (Å²) >= 11 is -2.79. The van der Waals surface area contributed by atoms with Crippen LogP contribution < -0.4 is 0 Å². The van der Waals surface area contributed by atoms with Crippen LogP contribution in [-0.4, -0.2) is 71.7 Å². The van der Waals surface area contributed by atoms with E-state index in [1.807, 2.05) is 0 Å². The number of hydrogen-bond acceptors (Lipinski definition) is 10. The normalized spacial score (nSPS) is 33.5. The second kappa shape index (κ2) is 7.01. The van der Waals surface area contributed by atoms with Crippen LogP contribution >= 0.6 is 0 Å². The van der Waals surface area contributed by atoms with E-state index in [1.165, 1.54) is 0 Å². The fraction of sp³-hybridized carbons (Fsp3) is 1.00. The highest BCUT2D eigenvalue weighted by Crippen LogP contribution is 2.22. The Labute approximate surface area is 111 Å². The number of aliphatic hydroxyl groups excluding tert-OH is 2. The van der Waals surface area contributed by atoms with Gasteiger partial charge in [0, 0.05) is 0 Å². The Morgan fingerprint density at radius 2 is 2.00 bits per heavy atom. The van der Waals surface area contributed by atoms with Crippen molar-refractivity contribution in [3.8, 4) is 0 Å². The van der Waals surface area contributed by atoms with E-state index in [1.54, 1.807) is 0 Å². The molecule has 5 atom stereocenters. The van der Waals surface area contributed by atoms with E-state index in [9.17, 15) is 27.4 Å². The van der Waals surface area contributed by atoms with Crippen LogP contribution in [0.15, 0.2) is 0 Å². The maximum absolute atomic E-state index is 10.8. The van der Waals surface area contributed by atoms with Gasteiger partial charge < -0.3 is 24.2 Å². The number of rotatable bonds is 7. The summed E-state index contributed by atoms with van der Waals surface area (Å²) in [5, 5.41) is 19.0. The quantitative estimate of drug-likeness (QED) is 0.285. The average Bonchev–Trinajstić information content (AvgIpc) is 2.53. The lowest BCUT2D eigenvalue weighted by Gasteiger charge is -2.15. The van der Waals surface area contributed by atoms with Crippen LogP contribution in [0.5, 0.6) is 0 Å². The van der Waals surface area contributed by atoms with Gasteiger partial charge in [-0.1, -0.05) is 0 Å². The minimum Gasteiger partial charge on any atom is -0.750 e. The van der Waals surface area contributed by atoms with E-state index in [2.05, 4.69) is 8.37 Å². The second-order valence-electron chi connectivity index (χ2n) is 3.62. The van der Waals surface area contributed by atoms with Crippen LogP contribution in [0.2, 0.25) is 0 Å². The minimum absolute atomic E-state index is 0.509. The molecule has 0 aromatic heterocycles. The van der Waals surface area contributed by atoms with E-state index in [-0.39, 0.29) is 0 Å². The van der Waals surface area contributed by atoms with Gasteiger partial charge in [0.05, 0.1) is 24.2 Å². The topological polar surface area (TPSA) is 152 Å². The summed E-state index contributed by atoms with van der Waals surface area (Å²) in [6, 6.07) is 0. The summed E-state index contributed by atoms with van der Waals surface area (Å²) in [5.74, 6) is 0. The summed E-state index contributed by atoms with van der Waals surface area (Å²) in [4.78, 5) is 0. The van der Waals surface area contributed by atoms with Gasteiger partial charge in [0.15, 0.2) is 13.1 Å². The zero-order chi connectivity index (χ0) is 14.6. The Balaban J connectivity index is 2.44. The van der Waals surface area contributed by atoms with Crippen molar-refractivity contribution in [3.63, 3.8) is 0 Å². The van der Waals surface area contributed by atoms with Gasteiger partial charge in [-0.25, -0.2) is 4.21 Å². The van der Waals surface area contributed by atoms with Crippen molar-refractivity contribution >= 4 is 21.5 Å². The van der Waals surface area contributed by atoms with Crippen molar-refractivity contribution in [2.45, 2.75) is 24.6 Å². The molecule has 114 valence electrons. The fourth-order valence-corrected chi connectivity index (χ4v) is 1.83. The Bertz CT molecular complexity index is 408. The molecule has 1 rings (SSSR count). The zero-order valence-electron chi connectivity index (χ0n) is 9.70. The van der Waals surface area contributed by atoms with E-state index in [0.29, 0.717) is 0 Å². The average molecular weight is 321 g/mol. The zero-order valence-corrected chi connectivity index (χ0v) is 11.3. The lowest BCUT2D eigenvalue weighted by atomic mass is 10.1. The summed E-state index contributed by atoms with van der Waals surface area (Å²) in [6.45, 7) is -1.23. The highest BCUT2D eigenvalue weighted by Gasteiger charge is 2.44. The Hall–Kier alpha value is -0.180. The van der Waals surface area contributed by atoms with Crippen molar-refractivity contribution < 1.29 is 45.2 Å². The van der Waals surface area contributed by atoms with E-state index in [0.717, 1.165) is 6.26 Å². The second-order valence-corrected chi connectivity index (χ2v) is 5.91. The number of ether oxygens (including phenoxy) is 2. The molecule has 19 heavy (non-hydrogen) atoms. The van der Waals surface area contributed by atoms with Crippen molar-refractivity contribution in [3.05, 3.63) is 0 Å². The van der Waals surface area contributed by atoms with Crippen molar-refractivity contribution in [2.75, 3.05) is 19.7 Å². The van der Waals surface area contributed by atoms with Crippen LogP contribution in [-0.2, 0) is 39.3 Å². The fourth-order valence-electron chi connectivity index (χ4n) is 1.31. The number of aliphatic hydroxyl groups is 2. The highest BCUT2D eigenvalue weighted by molar-refractivity contribution is 7.85. The molecule has 0 aromatic rings. The van der Waals surface area contributed by atoms with Gasteiger partial charge >= 0.3 is 0 Å². The molecule has 1 aliphatic heterocycles. The van der Waals surface area contributed by atoms with Gasteiger partial charge in [-0.2, -0.15) is 8.42 Å². The van der Waals surface area contributed by atoms with Crippen molar-refractivity contribution in [1.29, 1.82) is 0 Å². The third-order valence-electron chi connectivity index (χ3n) is 2.14. The van der Waals surface area contributed by atoms with Crippen LogP contribution in [0.3, 0.4) is 0 Å². The van der Waals surface area contributed by atoms with Gasteiger partial charge in [-0.05, 0) is 0 Å². The Morgan fingerprint density at radius 1 is 1.37 bits per heavy atom. The molecule has 1 aliphatic rings. The van der Waals surface area contributed by atoms with Crippen LogP contribution in [0.25, 0.3) is 0 Å². The molecule has 1 saturated heterocycles. The Kier molecular flexibility index (Phi) is 6.22. The SMILES string of the molecule is CS(=O)(=O)OC[C@H]1OC(OCOS(=O)[O-])[C@H](O)[C@@H]1O. The molecule has 0 amide bonds. The molecular formula is C7H13O10S2-. The third-order valence-corrected chi connectivity index (χ3v) is 2.99. The lowest BCUT2D eigenvalue weighted by molar-refractivity contribution is -0.194. The van der Waals surface area contributed by atoms with E-state index < -0.39 is 59.5 Å². The smallest absolute Gasteiger partial charge is 0.264 e.